The lowest BCUT2D eigenvalue weighted by atomic mass is 10.1. The fourth-order valence-corrected chi connectivity index (χ4v) is 1.51. The Morgan fingerprint density at radius 1 is 1.26 bits per heavy atom. The summed E-state index contributed by atoms with van der Waals surface area (Å²) in [6, 6.07) is -1.50. The maximum absolute atomic E-state index is 12.0. The van der Waals surface area contributed by atoms with Gasteiger partial charge in [0.05, 0.1) is 0 Å². The van der Waals surface area contributed by atoms with Gasteiger partial charge in [0, 0.05) is 13.6 Å². The molecular weight excluding hydrogens is 250 g/mol. The van der Waals surface area contributed by atoms with E-state index in [4.69, 9.17) is 5.11 Å². The average Bonchev–Trinajstić information content (AvgIpc) is 2.33. The predicted molar refractivity (Wildman–Crippen MR) is 70.7 cm³/mol. The molecule has 0 radical (unpaired) electrons. The highest BCUT2D eigenvalue weighted by molar-refractivity contribution is 5.86. The van der Waals surface area contributed by atoms with Crippen molar-refractivity contribution in [2.45, 2.75) is 33.2 Å². The van der Waals surface area contributed by atoms with Gasteiger partial charge in [0.1, 0.15) is 12.6 Å². The van der Waals surface area contributed by atoms with E-state index in [1.54, 1.807) is 13.8 Å². The highest BCUT2D eigenvalue weighted by atomic mass is 16.4. The molecule has 0 aromatic rings. The molecule has 0 aromatic heterocycles. The lowest BCUT2D eigenvalue weighted by molar-refractivity contribution is -0.140. The number of carbonyl (C=O) groups excluding carboxylic acids is 2. The first-order valence-electron chi connectivity index (χ1n) is 6.32. The van der Waals surface area contributed by atoms with E-state index in [0.717, 1.165) is 0 Å². The van der Waals surface area contributed by atoms with Crippen LogP contribution in [0.3, 0.4) is 0 Å². The second kappa shape index (κ2) is 8.34. The van der Waals surface area contributed by atoms with E-state index in [-0.39, 0.29) is 18.4 Å². The molecule has 110 valence electrons. The van der Waals surface area contributed by atoms with Crippen LogP contribution in [-0.2, 0) is 9.59 Å². The zero-order chi connectivity index (χ0) is 15.0. The zero-order valence-electron chi connectivity index (χ0n) is 11.9. The summed E-state index contributed by atoms with van der Waals surface area (Å²) in [5.41, 5.74) is 0. The van der Waals surface area contributed by atoms with Gasteiger partial charge in [-0.25, -0.2) is 9.59 Å². The van der Waals surface area contributed by atoms with Gasteiger partial charge in [-0.2, -0.15) is 0 Å². The molecule has 7 heteroatoms. The minimum absolute atomic E-state index is 0.0827. The van der Waals surface area contributed by atoms with Gasteiger partial charge in [-0.15, -0.1) is 0 Å². The molecule has 3 N–H and O–H groups in total. The van der Waals surface area contributed by atoms with Crippen LogP contribution in [0, 0.1) is 5.92 Å². The van der Waals surface area contributed by atoms with E-state index in [1.807, 2.05) is 6.92 Å². The second-order valence-corrected chi connectivity index (χ2v) is 4.60. The second-order valence-electron chi connectivity index (χ2n) is 4.60. The van der Waals surface area contributed by atoms with E-state index in [9.17, 15) is 14.4 Å². The summed E-state index contributed by atoms with van der Waals surface area (Å²) in [7, 11) is 1.48. The minimum Gasteiger partial charge on any atom is -0.480 e. The Hall–Kier alpha value is -1.79. The lowest BCUT2D eigenvalue weighted by Crippen LogP contribution is -2.52. The fraction of sp³-hybridized carbons (Fsp3) is 0.750. The fourth-order valence-electron chi connectivity index (χ4n) is 1.51. The van der Waals surface area contributed by atoms with E-state index in [1.165, 1.54) is 11.9 Å². The van der Waals surface area contributed by atoms with Crippen molar-refractivity contribution >= 4 is 17.9 Å². The standard InChI is InChI=1S/C12H23N3O4/c1-5-6-15(7-9(16)13-4)12(19)14-10(8(2)3)11(17)18/h8,10H,5-7H2,1-4H3,(H,13,16)(H,14,19)(H,17,18)/t10-/m0/s1. The highest BCUT2D eigenvalue weighted by Gasteiger charge is 2.26. The van der Waals surface area contributed by atoms with Crippen LogP contribution in [0.15, 0.2) is 0 Å². The first-order chi connectivity index (χ1) is 8.83. The zero-order valence-corrected chi connectivity index (χ0v) is 11.9. The van der Waals surface area contributed by atoms with Crippen LogP contribution in [0.25, 0.3) is 0 Å². The molecule has 0 fully saturated rings. The molecule has 0 saturated heterocycles. The SMILES string of the molecule is CCCN(CC(=O)NC)C(=O)N[C@H](C(=O)O)C(C)C. The topological polar surface area (TPSA) is 98.7 Å². The van der Waals surface area contributed by atoms with E-state index in [0.29, 0.717) is 13.0 Å². The first kappa shape index (κ1) is 17.2. The summed E-state index contributed by atoms with van der Waals surface area (Å²) in [5, 5.41) is 13.9. The van der Waals surface area contributed by atoms with Crippen LogP contribution in [0.2, 0.25) is 0 Å². The molecule has 0 aliphatic heterocycles. The van der Waals surface area contributed by atoms with Crippen LogP contribution in [0.5, 0.6) is 0 Å². The lowest BCUT2D eigenvalue weighted by Gasteiger charge is -2.25. The van der Waals surface area contributed by atoms with Crippen molar-refractivity contribution in [1.29, 1.82) is 0 Å². The summed E-state index contributed by atoms with van der Waals surface area (Å²) < 4.78 is 0. The van der Waals surface area contributed by atoms with Crippen molar-refractivity contribution in [3.05, 3.63) is 0 Å². The van der Waals surface area contributed by atoms with Crippen molar-refractivity contribution in [2.24, 2.45) is 5.92 Å². The van der Waals surface area contributed by atoms with Crippen molar-refractivity contribution in [3.63, 3.8) is 0 Å². The molecule has 7 nitrogen and oxygen atoms in total. The van der Waals surface area contributed by atoms with Crippen molar-refractivity contribution in [3.8, 4) is 0 Å². The molecule has 3 amide bonds. The number of hydrogen-bond donors (Lipinski definition) is 3. The number of nitrogens with zero attached hydrogens (tertiary/aromatic N) is 1. The molecule has 1 atom stereocenters. The Balaban J connectivity index is 4.70. The number of carboxylic acid groups (broad SMARTS) is 1. The number of amides is 3. The number of aliphatic carboxylic acids is 1. The third-order valence-corrected chi connectivity index (χ3v) is 2.61. The Kier molecular flexibility index (Phi) is 7.55. The maximum Gasteiger partial charge on any atom is 0.326 e. The summed E-state index contributed by atoms with van der Waals surface area (Å²) >= 11 is 0. The molecule has 0 rings (SSSR count). The molecule has 0 heterocycles. The average molecular weight is 273 g/mol. The summed E-state index contributed by atoms with van der Waals surface area (Å²) in [4.78, 5) is 35.6. The summed E-state index contributed by atoms with van der Waals surface area (Å²) in [6.07, 6.45) is 0.684. The Labute approximate surface area is 113 Å². The minimum atomic E-state index is -1.08. The number of likely N-dealkylation sites (N-methyl/N-ethyl adjacent to an activating group) is 1. The molecule has 0 saturated carbocycles. The van der Waals surface area contributed by atoms with Crippen LogP contribution in [-0.4, -0.2) is 54.1 Å². The quantitative estimate of drug-likeness (QED) is 0.619. The van der Waals surface area contributed by atoms with Crippen LogP contribution in [0.4, 0.5) is 4.79 Å². The third kappa shape index (κ3) is 6.08. The van der Waals surface area contributed by atoms with Crippen molar-refractivity contribution in [2.75, 3.05) is 20.1 Å². The predicted octanol–water partition coefficient (Wildman–Crippen LogP) is 0.263. The summed E-state index contributed by atoms with van der Waals surface area (Å²) in [5.74, 6) is -1.61. The maximum atomic E-state index is 12.0. The van der Waals surface area contributed by atoms with E-state index in [2.05, 4.69) is 10.6 Å². The van der Waals surface area contributed by atoms with Gasteiger partial charge in [-0.05, 0) is 12.3 Å². The molecule has 0 unspecified atom stereocenters. The van der Waals surface area contributed by atoms with Gasteiger partial charge in [0.25, 0.3) is 0 Å². The monoisotopic (exact) mass is 273 g/mol. The van der Waals surface area contributed by atoms with Gasteiger partial charge in [0.2, 0.25) is 5.91 Å². The molecule has 0 spiro atoms. The molecule has 0 bridgehead atoms. The number of carbonyl (C=O) groups is 3. The Morgan fingerprint density at radius 2 is 1.84 bits per heavy atom. The van der Waals surface area contributed by atoms with Gasteiger partial charge >= 0.3 is 12.0 Å². The van der Waals surface area contributed by atoms with Crippen molar-refractivity contribution < 1.29 is 19.5 Å². The number of urea groups is 1. The summed E-state index contributed by atoms with van der Waals surface area (Å²) in [6.45, 7) is 5.61. The highest BCUT2D eigenvalue weighted by Crippen LogP contribution is 2.03. The van der Waals surface area contributed by atoms with E-state index >= 15 is 0 Å². The van der Waals surface area contributed by atoms with E-state index < -0.39 is 18.0 Å². The molecule has 0 aliphatic carbocycles. The first-order valence-corrected chi connectivity index (χ1v) is 6.32. The van der Waals surface area contributed by atoms with Gasteiger partial charge in [-0.3, -0.25) is 4.79 Å². The normalized spacial score (nSPS) is 11.8. The largest absolute Gasteiger partial charge is 0.480 e. The third-order valence-electron chi connectivity index (χ3n) is 2.61. The molecule has 0 aliphatic rings. The van der Waals surface area contributed by atoms with Gasteiger partial charge in [0.15, 0.2) is 0 Å². The van der Waals surface area contributed by atoms with Crippen LogP contribution in [0.1, 0.15) is 27.2 Å². The molecule has 0 aromatic carbocycles. The molecule has 19 heavy (non-hydrogen) atoms. The number of rotatable bonds is 7. The number of carboxylic acids is 1. The Morgan fingerprint density at radius 3 is 2.21 bits per heavy atom. The molecular formula is C12H23N3O4. The van der Waals surface area contributed by atoms with Gasteiger partial charge < -0.3 is 20.6 Å². The number of nitrogens with one attached hydrogen (secondary N) is 2. The Bertz CT molecular complexity index is 331. The van der Waals surface area contributed by atoms with Crippen LogP contribution >= 0.6 is 0 Å². The van der Waals surface area contributed by atoms with Gasteiger partial charge in [-0.1, -0.05) is 20.8 Å². The van der Waals surface area contributed by atoms with Crippen LogP contribution < -0.4 is 10.6 Å². The number of hydrogen-bond acceptors (Lipinski definition) is 3. The smallest absolute Gasteiger partial charge is 0.326 e. The van der Waals surface area contributed by atoms with Crippen molar-refractivity contribution in [1.82, 2.24) is 15.5 Å².